The van der Waals surface area contributed by atoms with Crippen LogP contribution < -0.4 is 0 Å². The Hall–Kier alpha value is -1.61. The average molecular weight is 207 g/mol. The van der Waals surface area contributed by atoms with Crippen LogP contribution in [0.2, 0.25) is 0 Å². The van der Waals surface area contributed by atoms with Gasteiger partial charge >= 0.3 is 5.97 Å². The van der Waals surface area contributed by atoms with Crippen LogP contribution in [0, 0.1) is 0 Å². The first kappa shape index (κ1) is 11.5. The first-order valence-electron chi connectivity index (χ1n) is 4.75. The van der Waals surface area contributed by atoms with E-state index < -0.39 is 12.1 Å². The molecule has 1 N–H and O–H groups in total. The molecule has 3 heteroatoms. The Morgan fingerprint density at radius 1 is 1.47 bits per heavy atom. The van der Waals surface area contributed by atoms with Crippen molar-refractivity contribution in [3.8, 4) is 0 Å². The molecule has 0 aliphatic rings. The lowest BCUT2D eigenvalue weighted by Crippen LogP contribution is -2.13. The van der Waals surface area contributed by atoms with Crippen molar-refractivity contribution in [1.29, 1.82) is 0 Å². The third kappa shape index (κ3) is 2.92. The lowest BCUT2D eigenvalue weighted by atomic mass is 10.2. The van der Waals surface area contributed by atoms with Crippen molar-refractivity contribution in [2.45, 2.75) is 13.0 Å². The summed E-state index contributed by atoms with van der Waals surface area (Å²) < 4.78 is 4.75. The number of aliphatic hydroxyl groups is 1. The van der Waals surface area contributed by atoms with Crippen LogP contribution in [0.15, 0.2) is 42.5 Å². The van der Waals surface area contributed by atoms with Gasteiger partial charge in [-0.1, -0.05) is 36.9 Å². The number of esters is 1. The molecule has 1 aromatic carbocycles. The summed E-state index contributed by atoms with van der Waals surface area (Å²) in [7, 11) is 0. The summed E-state index contributed by atoms with van der Waals surface area (Å²) in [6, 6.07) is 8.88. The minimum atomic E-state index is -0.995. The van der Waals surface area contributed by atoms with Gasteiger partial charge in [-0.2, -0.15) is 0 Å². The summed E-state index contributed by atoms with van der Waals surface area (Å²) in [5.74, 6) is -0.561. The smallest absolute Gasteiger partial charge is 0.336 e. The SMILES string of the molecule is C=C(C(=O)OCC)[13CH](O)c1ccccc1. The van der Waals surface area contributed by atoms with E-state index in [0.29, 0.717) is 5.56 Å². The zero-order valence-corrected chi connectivity index (χ0v) is 8.64. The fraction of sp³-hybridized carbons (Fsp3) is 0.250. The van der Waals surface area contributed by atoms with Crippen molar-refractivity contribution in [3.05, 3.63) is 48.0 Å². The van der Waals surface area contributed by atoms with Crippen molar-refractivity contribution < 1.29 is 14.6 Å². The monoisotopic (exact) mass is 207 g/mol. The molecule has 1 aromatic rings. The maximum atomic E-state index is 11.3. The molecule has 0 saturated carbocycles. The lowest BCUT2D eigenvalue weighted by Gasteiger charge is -2.12. The fourth-order valence-corrected chi connectivity index (χ4v) is 1.17. The van der Waals surface area contributed by atoms with Crippen LogP contribution in [0.4, 0.5) is 0 Å². The van der Waals surface area contributed by atoms with Crippen molar-refractivity contribution in [2.75, 3.05) is 6.61 Å². The number of benzene rings is 1. The zero-order valence-electron chi connectivity index (χ0n) is 8.64. The van der Waals surface area contributed by atoms with E-state index in [2.05, 4.69) is 6.58 Å². The Morgan fingerprint density at radius 2 is 2.07 bits per heavy atom. The highest BCUT2D eigenvalue weighted by molar-refractivity contribution is 5.89. The minimum Gasteiger partial charge on any atom is -0.463 e. The summed E-state index contributed by atoms with van der Waals surface area (Å²) in [5.41, 5.74) is 0.693. The largest absolute Gasteiger partial charge is 0.463 e. The van der Waals surface area contributed by atoms with Crippen LogP contribution in [-0.4, -0.2) is 17.7 Å². The molecule has 1 atom stereocenters. The van der Waals surface area contributed by atoms with Gasteiger partial charge in [0.1, 0.15) is 6.10 Å². The maximum Gasteiger partial charge on any atom is 0.336 e. The van der Waals surface area contributed by atoms with Gasteiger partial charge in [0.05, 0.1) is 12.2 Å². The van der Waals surface area contributed by atoms with Crippen LogP contribution >= 0.6 is 0 Å². The molecule has 0 radical (unpaired) electrons. The quantitative estimate of drug-likeness (QED) is 0.465. The Labute approximate surface area is 89.0 Å². The molecule has 0 aliphatic carbocycles. The summed E-state index contributed by atoms with van der Waals surface area (Å²) in [5, 5.41) is 9.79. The molecule has 0 spiro atoms. The highest BCUT2D eigenvalue weighted by Crippen LogP contribution is 2.20. The summed E-state index contributed by atoms with van der Waals surface area (Å²) >= 11 is 0. The van der Waals surface area contributed by atoms with Crippen LogP contribution in [0.5, 0.6) is 0 Å². The standard InChI is InChI=1S/C12H14O3/c1-3-15-12(14)9(2)11(13)10-7-5-4-6-8-10/h4-8,11,13H,2-3H2,1H3/i11+1. The van der Waals surface area contributed by atoms with Crippen molar-refractivity contribution in [3.63, 3.8) is 0 Å². The van der Waals surface area contributed by atoms with Crippen LogP contribution in [-0.2, 0) is 9.53 Å². The molecule has 0 aromatic heterocycles. The van der Waals surface area contributed by atoms with Gasteiger partial charge < -0.3 is 9.84 Å². The third-order valence-electron chi connectivity index (χ3n) is 1.98. The highest BCUT2D eigenvalue weighted by atomic mass is 16.5. The Balaban J connectivity index is 2.73. The molecular weight excluding hydrogens is 193 g/mol. The summed E-state index contributed by atoms with van der Waals surface area (Å²) in [6.07, 6.45) is -0.995. The molecule has 0 amide bonds. The number of aliphatic hydroxyl groups excluding tert-OH is 1. The number of ether oxygens (including phenoxy) is 1. The molecule has 0 heterocycles. The number of carbonyl (C=O) groups excluding carboxylic acids is 1. The lowest BCUT2D eigenvalue weighted by molar-refractivity contribution is -0.139. The number of hydrogen-bond donors (Lipinski definition) is 1. The van der Waals surface area contributed by atoms with E-state index in [1.807, 2.05) is 6.07 Å². The first-order valence-corrected chi connectivity index (χ1v) is 4.75. The zero-order chi connectivity index (χ0) is 11.3. The predicted octanol–water partition coefficient (Wildman–Crippen LogP) is 1.84. The molecule has 15 heavy (non-hydrogen) atoms. The molecule has 80 valence electrons. The van der Waals surface area contributed by atoms with Crippen LogP contribution in [0.25, 0.3) is 0 Å². The Morgan fingerprint density at radius 3 is 2.60 bits per heavy atom. The average Bonchev–Trinajstić information content (AvgIpc) is 2.28. The van der Waals surface area contributed by atoms with E-state index in [4.69, 9.17) is 4.74 Å². The molecule has 0 aliphatic heterocycles. The van der Waals surface area contributed by atoms with Crippen LogP contribution in [0.3, 0.4) is 0 Å². The maximum absolute atomic E-state index is 11.3. The van der Waals surface area contributed by atoms with E-state index in [-0.39, 0.29) is 12.2 Å². The van der Waals surface area contributed by atoms with Gasteiger partial charge in [0.15, 0.2) is 0 Å². The summed E-state index contributed by atoms with van der Waals surface area (Å²) in [6.45, 7) is 5.51. The topological polar surface area (TPSA) is 46.5 Å². The Kier molecular flexibility index (Phi) is 4.06. The van der Waals surface area contributed by atoms with Gasteiger partial charge in [-0.25, -0.2) is 4.79 Å². The van der Waals surface area contributed by atoms with E-state index in [9.17, 15) is 9.90 Å². The summed E-state index contributed by atoms with van der Waals surface area (Å²) in [4.78, 5) is 11.3. The molecule has 0 bridgehead atoms. The van der Waals surface area contributed by atoms with Crippen molar-refractivity contribution in [1.82, 2.24) is 0 Å². The molecular formula is C12H14O3. The van der Waals surface area contributed by atoms with E-state index in [1.165, 1.54) is 0 Å². The van der Waals surface area contributed by atoms with Crippen LogP contribution in [0.1, 0.15) is 18.6 Å². The molecule has 0 fully saturated rings. The second kappa shape index (κ2) is 5.32. The third-order valence-corrected chi connectivity index (χ3v) is 1.98. The fourth-order valence-electron chi connectivity index (χ4n) is 1.17. The van der Waals surface area contributed by atoms with Gasteiger partial charge in [0, 0.05) is 0 Å². The van der Waals surface area contributed by atoms with E-state index >= 15 is 0 Å². The van der Waals surface area contributed by atoms with E-state index in [1.54, 1.807) is 31.2 Å². The van der Waals surface area contributed by atoms with Gasteiger partial charge in [-0.3, -0.25) is 0 Å². The minimum absolute atomic E-state index is 0.0584. The molecule has 3 nitrogen and oxygen atoms in total. The first-order chi connectivity index (χ1) is 7.16. The molecule has 1 rings (SSSR count). The number of hydrogen-bond acceptors (Lipinski definition) is 3. The van der Waals surface area contributed by atoms with Gasteiger partial charge in [-0.05, 0) is 12.5 Å². The normalized spacial score (nSPS) is 11.9. The molecule has 0 saturated heterocycles. The van der Waals surface area contributed by atoms with E-state index in [0.717, 1.165) is 0 Å². The second-order valence-electron chi connectivity index (χ2n) is 3.06. The molecule has 1 unspecified atom stereocenters. The predicted molar refractivity (Wildman–Crippen MR) is 57.2 cm³/mol. The Bertz CT molecular complexity index is 343. The second-order valence-corrected chi connectivity index (χ2v) is 3.06. The van der Waals surface area contributed by atoms with Gasteiger partial charge in [0.25, 0.3) is 0 Å². The highest BCUT2D eigenvalue weighted by Gasteiger charge is 2.18. The number of carbonyl (C=O) groups is 1. The van der Waals surface area contributed by atoms with Crippen molar-refractivity contribution in [2.24, 2.45) is 0 Å². The van der Waals surface area contributed by atoms with Crippen molar-refractivity contribution >= 4 is 5.97 Å². The van der Waals surface area contributed by atoms with Gasteiger partial charge in [-0.15, -0.1) is 0 Å². The number of rotatable bonds is 4. The van der Waals surface area contributed by atoms with Gasteiger partial charge in [0.2, 0.25) is 0 Å².